The minimum atomic E-state index is -0.872. The van der Waals surface area contributed by atoms with Gasteiger partial charge in [0.2, 0.25) is 0 Å². The van der Waals surface area contributed by atoms with Crippen molar-refractivity contribution in [3.8, 4) is 0 Å². The topological polar surface area (TPSA) is 49.7 Å². The maximum atomic E-state index is 11.1. The van der Waals surface area contributed by atoms with Gasteiger partial charge in [-0.3, -0.25) is 0 Å². The SMILES string of the molecule is CC(C)=CCC/C(C)=C/CC[C@](C)(O)[C@H]1CC[C@H]([C@@](C)(O)CC/C=C(\C)CCC=C(C)C)O1. The summed E-state index contributed by atoms with van der Waals surface area (Å²) in [6, 6.07) is 0. The summed E-state index contributed by atoms with van der Waals surface area (Å²) in [4.78, 5) is 0. The first-order valence-electron chi connectivity index (χ1n) is 13.0. The minimum absolute atomic E-state index is 0.213. The third kappa shape index (κ3) is 12.2. The first-order valence-corrected chi connectivity index (χ1v) is 13.0. The summed E-state index contributed by atoms with van der Waals surface area (Å²) in [5.41, 5.74) is 3.73. The average Bonchev–Trinajstić information content (AvgIpc) is 3.19. The monoisotopic (exact) mass is 460 g/mol. The summed E-state index contributed by atoms with van der Waals surface area (Å²) in [6.07, 6.45) is 17.6. The summed E-state index contributed by atoms with van der Waals surface area (Å²) < 4.78 is 6.23. The molecule has 0 aliphatic carbocycles. The second kappa shape index (κ2) is 14.3. The van der Waals surface area contributed by atoms with Crippen LogP contribution in [0.3, 0.4) is 0 Å². The summed E-state index contributed by atoms with van der Waals surface area (Å²) in [5.74, 6) is 0. The van der Waals surface area contributed by atoms with Crippen molar-refractivity contribution in [2.75, 3.05) is 0 Å². The van der Waals surface area contributed by atoms with Crippen LogP contribution in [0.1, 0.15) is 120 Å². The molecule has 0 amide bonds. The Hall–Kier alpha value is -1.16. The van der Waals surface area contributed by atoms with Gasteiger partial charge in [-0.1, -0.05) is 46.6 Å². The standard InChI is InChI=1S/C30H52O3/c1-23(2)13-9-15-25(5)17-11-21-29(7,31)27-19-20-28(33-27)30(8,32)22-12-18-26(6)16-10-14-24(3)4/h13-14,17-18,27-28,31-32H,9-12,15-16,19-22H2,1-8H3/b25-17+,26-18+/t27-,28-,29+,30+/m1/s1. The molecule has 0 aromatic carbocycles. The fraction of sp³-hybridized carbons (Fsp3) is 0.733. The Labute approximate surface area is 204 Å². The third-order valence-corrected chi connectivity index (χ3v) is 6.88. The van der Waals surface area contributed by atoms with Crippen LogP contribution in [0.25, 0.3) is 0 Å². The van der Waals surface area contributed by atoms with E-state index >= 15 is 0 Å². The Balaban J connectivity index is 2.48. The average molecular weight is 461 g/mol. The summed E-state index contributed by atoms with van der Waals surface area (Å²) >= 11 is 0. The van der Waals surface area contributed by atoms with Gasteiger partial charge in [-0.2, -0.15) is 0 Å². The fourth-order valence-electron chi connectivity index (χ4n) is 4.48. The Morgan fingerprint density at radius 3 is 1.36 bits per heavy atom. The molecule has 0 unspecified atom stereocenters. The summed E-state index contributed by atoms with van der Waals surface area (Å²) in [6.45, 7) is 16.6. The van der Waals surface area contributed by atoms with Crippen LogP contribution in [-0.2, 0) is 4.74 Å². The molecule has 1 saturated heterocycles. The van der Waals surface area contributed by atoms with Gasteiger partial charge in [-0.15, -0.1) is 0 Å². The van der Waals surface area contributed by atoms with Crippen molar-refractivity contribution in [3.05, 3.63) is 46.6 Å². The fourth-order valence-corrected chi connectivity index (χ4v) is 4.48. The van der Waals surface area contributed by atoms with Crippen LogP contribution in [0, 0.1) is 0 Å². The molecule has 3 nitrogen and oxygen atoms in total. The van der Waals surface area contributed by atoms with Gasteiger partial charge in [0, 0.05) is 0 Å². The zero-order chi connectivity index (χ0) is 25.1. The molecule has 0 saturated carbocycles. The Morgan fingerprint density at radius 1 is 0.667 bits per heavy atom. The second-order valence-electron chi connectivity index (χ2n) is 11.2. The lowest BCUT2D eigenvalue weighted by Gasteiger charge is -2.33. The molecule has 0 radical (unpaired) electrons. The van der Waals surface area contributed by atoms with Crippen LogP contribution in [0.2, 0.25) is 0 Å². The van der Waals surface area contributed by atoms with Crippen molar-refractivity contribution in [3.63, 3.8) is 0 Å². The zero-order valence-corrected chi connectivity index (χ0v) is 22.8. The van der Waals surface area contributed by atoms with E-state index in [0.717, 1.165) is 51.4 Å². The summed E-state index contributed by atoms with van der Waals surface area (Å²) in [5, 5.41) is 22.1. The van der Waals surface area contributed by atoms with E-state index in [1.165, 1.54) is 22.3 Å². The lowest BCUT2D eigenvalue weighted by molar-refractivity contribution is -0.145. The number of allylic oxidation sites excluding steroid dienone is 8. The molecule has 0 spiro atoms. The van der Waals surface area contributed by atoms with Crippen LogP contribution in [0.15, 0.2) is 46.6 Å². The molecule has 190 valence electrons. The van der Waals surface area contributed by atoms with Crippen molar-refractivity contribution in [2.24, 2.45) is 0 Å². The smallest absolute Gasteiger partial charge is 0.0883 e. The van der Waals surface area contributed by atoms with Crippen molar-refractivity contribution in [1.82, 2.24) is 0 Å². The highest BCUT2D eigenvalue weighted by atomic mass is 16.5. The van der Waals surface area contributed by atoms with Crippen molar-refractivity contribution in [1.29, 1.82) is 0 Å². The van der Waals surface area contributed by atoms with E-state index in [2.05, 4.69) is 65.8 Å². The maximum absolute atomic E-state index is 11.1. The van der Waals surface area contributed by atoms with E-state index in [9.17, 15) is 10.2 Å². The molecule has 1 aliphatic heterocycles. The molecule has 0 bridgehead atoms. The molecule has 1 fully saturated rings. The first-order chi connectivity index (χ1) is 15.3. The Kier molecular flexibility index (Phi) is 12.9. The molecule has 0 aromatic heterocycles. The van der Waals surface area contributed by atoms with Gasteiger partial charge in [0.25, 0.3) is 0 Å². The number of hydrogen-bond donors (Lipinski definition) is 2. The molecule has 1 aliphatic rings. The molecular formula is C30H52O3. The van der Waals surface area contributed by atoms with E-state index in [1.807, 2.05) is 13.8 Å². The largest absolute Gasteiger partial charge is 0.387 e. The lowest BCUT2D eigenvalue weighted by atomic mass is 9.89. The quantitative estimate of drug-likeness (QED) is 0.258. The Morgan fingerprint density at radius 2 is 1.03 bits per heavy atom. The van der Waals surface area contributed by atoms with E-state index in [-0.39, 0.29) is 12.2 Å². The van der Waals surface area contributed by atoms with Crippen LogP contribution >= 0.6 is 0 Å². The number of rotatable bonds is 14. The van der Waals surface area contributed by atoms with Crippen molar-refractivity contribution < 1.29 is 14.9 Å². The number of aliphatic hydroxyl groups is 2. The lowest BCUT2D eigenvalue weighted by Crippen LogP contribution is -2.43. The molecule has 1 rings (SSSR count). The van der Waals surface area contributed by atoms with Crippen LogP contribution in [-0.4, -0.2) is 33.6 Å². The molecule has 2 N–H and O–H groups in total. The van der Waals surface area contributed by atoms with E-state index in [4.69, 9.17) is 4.74 Å². The Bertz CT molecular complexity index is 638. The molecule has 3 heteroatoms. The normalized spacial score (nSPS) is 23.1. The molecule has 1 heterocycles. The molecular weight excluding hydrogens is 408 g/mol. The number of ether oxygens (including phenoxy) is 1. The summed E-state index contributed by atoms with van der Waals surface area (Å²) in [7, 11) is 0. The highest BCUT2D eigenvalue weighted by Gasteiger charge is 2.44. The molecule has 4 atom stereocenters. The van der Waals surface area contributed by atoms with Gasteiger partial charge in [0.1, 0.15) is 0 Å². The van der Waals surface area contributed by atoms with Crippen LogP contribution in [0.5, 0.6) is 0 Å². The van der Waals surface area contributed by atoms with Gasteiger partial charge >= 0.3 is 0 Å². The van der Waals surface area contributed by atoms with Crippen molar-refractivity contribution >= 4 is 0 Å². The highest BCUT2D eigenvalue weighted by molar-refractivity contribution is 5.05. The van der Waals surface area contributed by atoms with Gasteiger partial charge in [0.05, 0.1) is 23.4 Å². The minimum Gasteiger partial charge on any atom is -0.387 e. The maximum Gasteiger partial charge on any atom is 0.0883 e. The van der Waals surface area contributed by atoms with Crippen molar-refractivity contribution in [2.45, 2.75) is 143 Å². The van der Waals surface area contributed by atoms with Crippen LogP contribution < -0.4 is 0 Å². The number of hydrogen-bond acceptors (Lipinski definition) is 3. The molecule has 33 heavy (non-hydrogen) atoms. The second-order valence-corrected chi connectivity index (χ2v) is 11.2. The third-order valence-electron chi connectivity index (χ3n) is 6.88. The molecule has 0 aromatic rings. The van der Waals surface area contributed by atoms with Gasteiger partial charge in [0.15, 0.2) is 0 Å². The van der Waals surface area contributed by atoms with Gasteiger partial charge in [-0.05, 0) is 120 Å². The van der Waals surface area contributed by atoms with Gasteiger partial charge < -0.3 is 14.9 Å². The first kappa shape index (κ1) is 29.9. The van der Waals surface area contributed by atoms with Gasteiger partial charge in [-0.25, -0.2) is 0 Å². The van der Waals surface area contributed by atoms with E-state index in [0.29, 0.717) is 12.8 Å². The van der Waals surface area contributed by atoms with Crippen LogP contribution in [0.4, 0.5) is 0 Å². The van der Waals surface area contributed by atoms with E-state index in [1.54, 1.807) is 0 Å². The predicted octanol–water partition coefficient (Wildman–Crippen LogP) is 7.98. The van der Waals surface area contributed by atoms with E-state index < -0.39 is 11.2 Å². The predicted molar refractivity (Wildman–Crippen MR) is 142 cm³/mol. The zero-order valence-electron chi connectivity index (χ0n) is 22.8. The highest BCUT2D eigenvalue weighted by Crippen LogP contribution is 2.37.